The normalized spacial score (nSPS) is 19.0. The Bertz CT molecular complexity index is 1100. The SMILES string of the molecule is CN1C(=O)[C@](c2ccncc2)(c2cccc(-c3cc(F)ccc3F)c2)N=C1N. The summed E-state index contributed by atoms with van der Waals surface area (Å²) in [6.07, 6.45) is 3.12. The zero-order chi connectivity index (χ0) is 19.9. The zero-order valence-corrected chi connectivity index (χ0v) is 14.9. The topological polar surface area (TPSA) is 71.6 Å². The van der Waals surface area contributed by atoms with Gasteiger partial charge in [-0.05, 0) is 53.1 Å². The van der Waals surface area contributed by atoms with Gasteiger partial charge in [0.15, 0.2) is 11.5 Å². The molecule has 0 spiro atoms. The molecule has 0 radical (unpaired) electrons. The average Bonchev–Trinajstić information content (AvgIpc) is 2.95. The van der Waals surface area contributed by atoms with Crippen LogP contribution in [0, 0.1) is 11.6 Å². The lowest BCUT2D eigenvalue weighted by Gasteiger charge is -2.26. The summed E-state index contributed by atoms with van der Waals surface area (Å²) in [4.78, 5) is 22.9. The Hall–Kier alpha value is -3.61. The number of likely N-dealkylation sites (N-methyl/N-ethyl adjacent to an activating group) is 1. The highest BCUT2D eigenvalue weighted by Crippen LogP contribution is 2.40. The van der Waals surface area contributed by atoms with Crippen molar-refractivity contribution in [2.75, 3.05) is 7.05 Å². The molecule has 2 aromatic carbocycles. The van der Waals surface area contributed by atoms with Crippen molar-refractivity contribution < 1.29 is 13.6 Å². The van der Waals surface area contributed by atoms with Crippen molar-refractivity contribution in [2.24, 2.45) is 10.7 Å². The van der Waals surface area contributed by atoms with Crippen LogP contribution in [0.3, 0.4) is 0 Å². The molecule has 1 aliphatic rings. The fourth-order valence-electron chi connectivity index (χ4n) is 3.41. The van der Waals surface area contributed by atoms with Gasteiger partial charge in [-0.1, -0.05) is 18.2 Å². The van der Waals surface area contributed by atoms with Crippen LogP contribution in [0.4, 0.5) is 8.78 Å². The van der Waals surface area contributed by atoms with Gasteiger partial charge in [0.2, 0.25) is 0 Å². The fourth-order valence-corrected chi connectivity index (χ4v) is 3.41. The number of hydrogen-bond acceptors (Lipinski definition) is 4. The second-order valence-electron chi connectivity index (χ2n) is 6.49. The van der Waals surface area contributed by atoms with Crippen molar-refractivity contribution in [1.82, 2.24) is 9.88 Å². The number of aromatic nitrogens is 1. The molecule has 28 heavy (non-hydrogen) atoms. The predicted octanol–water partition coefficient (Wildman–Crippen LogP) is 3.06. The summed E-state index contributed by atoms with van der Waals surface area (Å²) in [5.74, 6) is -1.38. The van der Waals surface area contributed by atoms with E-state index in [-0.39, 0.29) is 17.4 Å². The van der Waals surface area contributed by atoms with Gasteiger partial charge >= 0.3 is 0 Å². The van der Waals surface area contributed by atoms with E-state index in [0.29, 0.717) is 16.7 Å². The Kier molecular flexibility index (Phi) is 4.15. The van der Waals surface area contributed by atoms with Crippen LogP contribution < -0.4 is 5.73 Å². The second-order valence-corrected chi connectivity index (χ2v) is 6.49. The molecule has 0 bridgehead atoms. The molecule has 4 rings (SSSR count). The van der Waals surface area contributed by atoms with Crippen LogP contribution in [0.1, 0.15) is 11.1 Å². The highest BCUT2D eigenvalue weighted by atomic mass is 19.1. The molecule has 1 aliphatic heterocycles. The summed E-state index contributed by atoms with van der Waals surface area (Å²) in [6, 6.07) is 13.3. The molecular formula is C21H16F2N4O. The van der Waals surface area contributed by atoms with E-state index in [1.165, 1.54) is 4.90 Å². The highest BCUT2D eigenvalue weighted by molar-refractivity contribution is 6.09. The molecule has 1 amide bonds. The van der Waals surface area contributed by atoms with E-state index in [9.17, 15) is 13.6 Å². The van der Waals surface area contributed by atoms with E-state index in [0.717, 1.165) is 18.2 Å². The van der Waals surface area contributed by atoms with Gasteiger partial charge in [-0.25, -0.2) is 13.8 Å². The molecule has 7 heteroatoms. The van der Waals surface area contributed by atoms with Gasteiger partial charge in [0, 0.05) is 25.0 Å². The Morgan fingerprint density at radius 3 is 2.43 bits per heavy atom. The van der Waals surface area contributed by atoms with E-state index in [2.05, 4.69) is 9.98 Å². The third kappa shape index (κ3) is 2.63. The number of pyridine rings is 1. The monoisotopic (exact) mass is 378 g/mol. The van der Waals surface area contributed by atoms with Crippen LogP contribution in [0.5, 0.6) is 0 Å². The van der Waals surface area contributed by atoms with Crippen molar-refractivity contribution in [2.45, 2.75) is 5.54 Å². The van der Waals surface area contributed by atoms with E-state index in [4.69, 9.17) is 5.73 Å². The molecule has 2 heterocycles. The lowest BCUT2D eigenvalue weighted by atomic mass is 9.82. The molecule has 1 aromatic heterocycles. The number of benzene rings is 2. The van der Waals surface area contributed by atoms with Gasteiger partial charge in [0.1, 0.15) is 11.6 Å². The summed E-state index contributed by atoms with van der Waals surface area (Å²) in [5, 5.41) is 0. The molecule has 1 atom stereocenters. The number of carbonyl (C=O) groups is 1. The summed E-state index contributed by atoms with van der Waals surface area (Å²) in [6.45, 7) is 0. The molecule has 140 valence electrons. The minimum Gasteiger partial charge on any atom is -0.369 e. The number of nitrogens with two attached hydrogens (primary N) is 1. The number of halogens is 2. The van der Waals surface area contributed by atoms with Crippen LogP contribution >= 0.6 is 0 Å². The van der Waals surface area contributed by atoms with Gasteiger partial charge in [-0.3, -0.25) is 14.7 Å². The number of carbonyl (C=O) groups excluding carboxylic acids is 1. The second kappa shape index (κ2) is 6.53. The van der Waals surface area contributed by atoms with Crippen LogP contribution in [-0.2, 0) is 10.3 Å². The van der Waals surface area contributed by atoms with Gasteiger partial charge in [0.05, 0.1) is 0 Å². The Morgan fingerprint density at radius 1 is 1.00 bits per heavy atom. The predicted molar refractivity (Wildman–Crippen MR) is 101 cm³/mol. The molecule has 0 fully saturated rings. The highest BCUT2D eigenvalue weighted by Gasteiger charge is 2.49. The third-order valence-electron chi connectivity index (χ3n) is 4.86. The quantitative estimate of drug-likeness (QED) is 0.761. The molecule has 0 unspecified atom stereocenters. The number of aliphatic imine (C=N–C) groups is 1. The lowest BCUT2D eigenvalue weighted by molar-refractivity contribution is -0.129. The Balaban J connectivity index is 1.95. The standard InChI is InChI=1S/C21H16F2N4O/c1-27-19(28)21(26-20(27)24,14-7-9-25-10-8-14)15-4-2-3-13(11-15)17-12-16(22)5-6-18(17)23/h2-12H,1H3,(H2,24,26)/t21-/m0/s1. The van der Waals surface area contributed by atoms with E-state index >= 15 is 0 Å². The number of guanidine groups is 1. The van der Waals surface area contributed by atoms with Crippen molar-refractivity contribution in [3.8, 4) is 11.1 Å². The summed E-state index contributed by atoms with van der Waals surface area (Å²) >= 11 is 0. The smallest absolute Gasteiger partial charge is 0.266 e. The maximum absolute atomic E-state index is 14.3. The summed E-state index contributed by atoms with van der Waals surface area (Å²) < 4.78 is 28.0. The van der Waals surface area contributed by atoms with Crippen LogP contribution in [0.25, 0.3) is 11.1 Å². The first-order valence-corrected chi connectivity index (χ1v) is 8.53. The first-order valence-electron chi connectivity index (χ1n) is 8.53. The first kappa shape index (κ1) is 17.8. The van der Waals surface area contributed by atoms with E-state index in [1.54, 1.807) is 55.8 Å². The van der Waals surface area contributed by atoms with Crippen molar-refractivity contribution >= 4 is 11.9 Å². The fraction of sp³-hybridized carbons (Fsp3) is 0.0952. The van der Waals surface area contributed by atoms with Gasteiger partial charge in [-0.2, -0.15) is 0 Å². The molecule has 3 aromatic rings. The van der Waals surface area contributed by atoms with Crippen molar-refractivity contribution in [3.05, 3.63) is 89.8 Å². The third-order valence-corrected chi connectivity index (χ3v) is 4.86. The number of hydrogen-bond donors (Lipinski definition) is 1. The zero-order valence-electron chi connectivity index (χ0n) is 14.9. The largest absolute Gasteiger partial charge is 0.369 e. The molecule has 5 nitrogen and oxygen atoms in total. The van der Waals surface area contributed by atoms with E-state index < -0.39 is 17.2 Å². The van der Waals surface area contributed by atoms with Crippen molar-refractivity contribution in [1.29, 1.82) is 0 Å². The average molecular weight is 378 g/mol. The maximum atomic E-state index is 14.3. The van der Waals surface area contributed by atoms with Crippen LogP contribution in [0.15, 0.2) is 72.0 Å². The first-order chi connectivity index (χ1) is 13.4. The van der Waals surface area contributed by atoms with Crippen LogP contribution in [-0.4, -0.2) is 28.8 Å². The number of rotatable bonds is 3. The molecular weight excluding hydrogens is 362 g/mol. The van der Waals surface area contributed by atoms with Crippen molar-refractivity contribution in [3.63, 3.8) is 0 Å². The van der Waals surface area contributed by atoms with Crippen LogP contribution in [0.2, 0.25) is 0 Å². The molecule has 2 N–H and O–H groups in total. The summed E-state index contributed by atoms with van der Waals surface area (Å²) in [7, 11) is 1.54. The number of amides is 1. The summed E-state index contributed by atoms with van der Waals surface area (Å²) in [5.41, 5.74) is 6.13. The van der Waals surface area contributed by atoms with Gasteiger partial charge < -0.3 is 5.73 Å². The van der Waals surface area contributed by atoms with Gasteiger partial charge in [0.25, 0.3) is 5.91 Å². The van der Waals surface area contributed by atoms with Gasteiger partial charge in [-0.15, -0.1) is 0 Å². The maximum Gasteiger partial charge on any atom is 0.266 e. The lowest BCUT2D eigenvalue weighted by Crippen LogP contribution is -2.41. The minimum absolute atomic E-state index is 0.0733. The number of nitrogens with zero attached hydrogens (tertiary/aromatic N) is 3. The molecule has 0 aliphatic carbocycles. The molecule has 0 saturated carbocycles. The Labute approximate surface area is 160 Å². The van der Waals surface area contributed by atoms with E-state index in [1.807, 2.05) is 0 Å². The molecule has 0 saturated heterocycles. The minimum atomic E-state index is -1.42. The Morgan fingerprint density at radius 2 is 1.75 bits per heavy atom.